The quantitative estimate of drug-likeness (QED) is 0.669. The first-order chi connectivity index (χ1) is 10.7. The Morgan fingerprint density at radius 2 is 1.82 bits per heavy atom. The number of carbonyl (C=O) groups is 2. The fourth-order valence-electron chi connectivity index (χ4n) is 1.78. The second-order valence-corrected chi connectivity index (χ2v) is 4.45. The molecule has 5 heteroatoms. The lowest BCUT2D eigenvalue weighted by Gasteiger charge is -2.10. The predicted molar refractivity (Wildman–Crippen MR) is 80.3 cm³/mol. The maximum Gasteiger partial charge on any atom is 0.412 e. The Balaban J connectivity index is 1.91. The van der Waals surface area contributed by atoms with Crippen LogP contribution in [0.4, 0.5) is 4.79 Å². The van der Waals surface area contributed by atoms with Crippen molar-refractivity contribution in [3.63, 3.8) is 0 Å². The third-order valence-electron chi connectivity index (χ3n) is 2.85. The summed E-state index contributed by atoms with van der Waals surface area (Å²) in [6, 6.07) is 9.27. The zero-order valence-electron chi connectivity index (χ0n) is 12.1. The summed E-state index contributed by atoms with van der Waals surface area (Å²) in [5.74, 6) is 0.140. The number of carbonyl (C=O) groups excluding carboxylic acids is 2. The van der Waals surface area contributed by atoms with Crippen LogP contribution in [0.25, 0.3) is 0 Å². The largest absolute Gasteiger partial charge is 0.464 e. The van der Waals surface area contributed by atoms with Crippen LogP contribution < -0.4 is 5.32 Å². The summed E-state index contributed by atoms with van der Waals surface area (Å²) in [7, 11) is 1.25. The summed E-state index contributed by atoms with van der Waals surface area (Å²) >= 11 is 0. The molecule has 1 saturated carbocycles. The topological polar surface area (TPSA) is 64.6 Å². The molecule has 0 spiro atoms. The lowest BCUT2D eigenvalue weighted by molar-refractivity contribution is -0.136. The molecule has 0 unspecified atom stereocenters. The normalized spacial score (nSPS) is 15.4. The first-order valence-electron chi connectivity index (χ1n) is 6.68. The molecule has 0 saturated heterocycles. The van der Waals surface area contributed by atoms with Crippen LogP contribution in [-0.2, 0) is 20.9 Å². The van der Waals surface area contributed by atoms with E-state index in [1.165, 1.54) is 13.2 Å². The van der Waals surface area contributed by atoms with E-state index in [0.29, 0.717) is 0 Å². The number of nitrogens with one attached hydrogen (secondary N) is 1. The first kappa shape index (κ1) is 16.1. The number of esters is 1. The summed E-state index contributed by atoms with van der Waals surface area (Å²) in [6.07, 6.45) is 8.07. The summed E-state index contributed by atoms with van der Waals surface area (Å²) in [5, 5.41) is 2.40. The fourth-order valence-corrected chi connectivity index (χ4v) is 1.78. The molecule has 113 valence electrons. The Kier molecular flexibility index (Phi) is 6.01. The molecule has 0 aliphatic heterocycles. The van der Waals surface area contributed by atoms with Crippen molar-refractivity contribution in [1.82, 2.24) is 5.32 Å². The van der Waals surface area contributed by atoms with Crippen LogP contribution in [0.2, 0.25) is 0 Å². The molecule has 1 N–H and O–H groups in total. The van der Waals surface area contributed by atoms with Crippen LogP contribution in [0.3, 0.4) is 0 Å². The Morgan fingerprint density at radius 3 is 2.45 bits per heavy atom. The van der Waals surface area contributed by atoms with Gasteiger partial charge in [0.1, 0.15) is 12.3 Å². The second kappa shape index (κ2) is 8.22. The van der Waals surface area contributed by atoms with Crippen molar-refractivity contribution in [2.45, 2.75) is 6.61 Å². The van der Waals surface area contributed by atoms with Gasteiger partial charge in [-0.2, -0.15) is 0 Å². The van der Waals surface area contributed by atoms with Crippen LogP contribution in [0.5, 0.6) is 0 Å². The Bertz CT molecular complexity index is 533. The number of amides is 1. The third kappa shape index (κ3) is 4.91. The van der Waals surface area contributed by atoms with Crippen LogP contribution in [-0.4, -0.2) is 19.2 Å². The van der Waals surface area contributed by atoms with E-state index in [-0.39, 0.29) is 12.3 Å². The average molecular weight is 298 g/mol. The van der Waals surface area contributed by atoms with Crippen molar-refractivity contribution in [2.24, 2.45) is 0 Å². The zero-order chi connectivity index (χ0) is 15.8. The highest BCUT2D eigenvalue weighted by Gasteiger charge is 2.20. The molecule has 0 atom stereocenters. The van der Waals surface area contributed by atoms with Gasteiger partial charge in [0.2, 0.25) is 0 Å². The van der Waals surface area contributed by atoms with Crippen molar-refractivity contribution in [3.05, 3.63) is 79.3 Å². The molecular formula is C17H16NO4. The third-order valence-corrected chi connectivity index (χ3v) is 2.85. The number of methoxy groups -OCH3 is 1. The van der Waals surface area contributed by atoms with Gasteiger partial charge in [-0.1, -0.05) is 30.3 Å². The molecule has 22 heavy (non-hydrogen) atoms. The minimum atomic E-state index is -0.716. The highest BCUT2D eigenvalue weighted by atomic mass is 16.6. The van der Waals surface area contributed by atoms with E-state index >= 15 is 0 Å². The zero-order valence-corrected chi connectivity index (χ0v) is 12.1. The Morgan fingerprint density at radius 1 is 1.14 bits per heavy atom. The Labute approximate surface area is 130 Å². The van der Waals surface area contributed by atoms with Gasteiger partial charge in [-0.25, -0.2) is 9.59 Å². The van der Waals surface area contributed by atoms with E-state index in [2.05, 4.69) is 10.1 Å². The van der Waals surface area contributed by atoms with Crippen LogP contribution in [0.15, 0.2) is 42.1 Å². The molecule has 2 rings (SSSR count). The summed E-state index contributed by atoms with van der Waals surface area (Å²) in [5.41, 5.74) is 0.879. The number of hydrogen-bond donors (Lipinski definition) is 1. The first-order valence-corrected chi connectivity index (χ1v) is 6.68. The van der Waals surface area contributed by atoms with Crippen LogP contribution >= 0.6 is 0 Å². The van der Waals surface area contributed by atoms with Gasteiger partial charge in [0.05, 0.1) is 7.11 Å². The SMILES string of the molecule is COC(=O)/C(=C/[C]1[CH][CH][CH][CH]1)NC(=O)OCc1ccccc1. The van der Waals surface area contributed by atoms with Crippen LogP contribution in [0, 0.1) is 31.6 Å². The molecule has 1 amide bonds. The number of rotatable bonds is 5. The van der Waals surface area contributed by atoms with Gasteiger partial charge < -0.3 is 9.47 Å². The van der Waals surface area contributed by atoms with Crippen molar-refractivity contribution in [3.8, 4) is 0 Å². The number of benzene rings is 1. The lowest BCUT2D eigenvalue weighted by atomic mass is 10.1. The van der Waals surface area contributed by atoms with E-state index in [1.54, 1.807) is 12.8 Å². The Hall–Kier alpha value is -2.30. The molecule has 1 fully saturated rings. The highest BCUT2D eigenvalue weighted by molar-refractivity contribution is 5.92. The van der Waals surface area contributed by atoms with Gasteiger partial charge >= 0.3 is 12.1 Å². The standard InChI is InChI=1S/C17H16NO4/c1-21-16(19)15(11-13-7-5-6-8-13)18-17(20)22-12-14-9-3-2-4-10-14/h2-11H,12H2,1H3,(H,18,20)/b15-11-. The molecule has 1 aliphatic rings. The van der Waals surface area contributed by atoms with Crippen molar-refractivity contribution in [1.29, 1.82) is 0 Å². The van der Waals surface area contributed by atoms with Crippen molar-refractivity contribution in [2.75, 3.05) is 7.11 Å². The molecule has 1 aliphatic carbocycles. The van der Waals surface area contributed by atoms with Gasteiger partial charge in [0.25, 0.3) is 0 Å². The highest BCUT2D eigenvalue weighted by Crippen LogP contribution is 2.25. The summed E-state index contributed by atoms with van der Waals surface area (Å²) < 4.78 is 9.72. The summed E-state index contributed by atoms with van der Waals surface area (Å²) in [4.78, 5) is 23.5. The minimum Gasteiger partial charge on any atom is -0.464 e. The monoisotopic (exact) mass is 298 g/mol. The number of alkyl carbamates (subject to hydrolysis) is 1. The van der Waals surface area contributed by atoms with E-state index in [0.717, 1.165) is 11.5 Å². The fraction of sp³-hybridized carbons (Fsp3) is 0.118. The van der Waals surface area contributed by atoms with Crippen LogP contribution in [0.1, 0.15) is 5.56 Å². The van der Waals surface area contributed by atoms with Gasteiger partial charge in [0.15, 0.2) is 0 Å². The second-order valence-electron chi connectivity index (χ2n) is 4.45. The molecule has 5 nitrogen and oxygen atoms in total. The van der Waals surface area contributed by atoms with E-state index in [1.807, 2.05) is 43.2 Å². The van der Waals surface area contributed by atoms with Gasteiger partial charge in [-0.15, -0.1) is 0 Å². The predicted octanol–water partition coefficient (Wildman–Crippen LogP) is 2.37. The number of ether oxygens (including phenoxy) is 2. The van der Waals surface area contributed by atoms with Crippen molar-refractivity contribution >= 4 is 12.1 Å². The van der Waals surface area contributed by atoms with Gasteiger partial charge in [-0.05, 0) is 37.3 Å². The number of allylic oxidation sites excluding steroid dienone is 1. The molecule has 1 aromatic rings. The van der Waals surface area contributed by atoms with E-state index < -0.39 is 12.1 Å². The lowest BCUT2D eigenvalue weighted by Crippen LogP contribution is -2.29. The average Bonchev–Trinajstić information content (AvgIpc) is 3.05. The molecule has 0 bridgehead atoms. The molecular weight excluding hydrogens is 282 g/mol. The molecule has 0 heterocycles. The molecule has 5 radical (unpaired) electrons. The number of hydrogen-bond acceptors (Lipinski definition) is 4. The van der Waals surface area contributed by atoms with Gasteiger partial charge in [-0.3, -0.25) is 5.32 Å². The maximum absolute atomic E-state index is 11.8. The minimum absolute atomic E-state index is 0.0201. The van der Waals surface area contributed by atoms with E-state index in [4.69, 9.17) is 4.74 Å². The van der Waals surface area contributed by atoms with Gasteiger partial charge in [0, 0.05) is 5.92 Å². The maximum atomic E-state index is 11.8. The van der Waals surface area contributed by atoms with Crippen molar-refractivity contribution < 1.29 is 19.1 Å². The smallest absolute Gasteiger partial charge is 0.412 e. The molecule has 0 aromatic heterocycles. The summed E-state index contributed by atoms with van der Waals surface area (Å²) in [6.45, 7) is 0.123. The molecule has 1 aromatic carbocycles. The van der Waals surface area contributed by atoms with E-state index in [9.17, 15) is 9.59 Å².